The lowest BCUT2D eigenvalue weighted by Gasteiger charge is -2.29. The Morgan fingerprint density at radius 1 is 1.53 bits per heavy atom. The first-order chi connectivity index (χ1) is 9.06. The van der Waals surface area contributed by atoms with Crippen LogP contribution in [0.4, 0.5) is 11.4 Å². The van der Waals surface area contributed by atoms with Crippen LogP contribution >= 0.6 is 0 Å². The number of rotatable bonds is 3. The van der Waals surface area contributed by atoms with Crippen molar-refractivity contribution < 1.29 is 19.4 Å². The molecule has 1 amide bonds. The van der Waals surface area contributed by atoms with Crippen LogP contribution in [-0.4, -0.2) is 30.1 Å². The number of ether oxygens (including phenoxy) is 1. The van der Waals surface area contributed by atoms with Gasteiger partial charge in [-0.3, -0.25) is 9.59 Å². The number of hydrogen-bond acceptors (Lipinski definition) is 4. The molecule has 6 heteroatoms. The van der Waals surface area contributed by atoms with Gasteiger partial charge in [0.15, 0.2) is 6.61 Å². The number of fused-ring (bicyclic) bond motifs is 1. The van der Waals surface area contributed by atoms with Gasteiger partial charge in [-0.05, 0) is 30.5 Å². The van der Waals surface area contributed by atoms with Crippen molar-refractivity contribution in [2.24, 2.45) is 11.8 Å². The van der Waals surface area contributed by atoms with E-state index in [2.05, 4.69) is 0 Å². The second-order valence-corrected chi connectivity index (χ2v) is 4.96. The Labute approximate surface area is 109 Å². The predicted octanol–water partition coefficient (Wildman–Crippen LogP) is 0.715. The number of carbonyl (C=O) groups excluding carboxylic acids is 1. The van der Waals surface area contributed by atoms with Gasteiger partial charge < -0.3 is 20.5 Å². The highest BCUT2D eigenvalue weighted by molar-refractivity contribution is 5.98. The van der Waals surface area contributed by atoms with Gasteiger partial charge >= 0.3 is 5.97 Å². The third-order valence-electron chi connectivity index (χ3n) is 3.58. The van der Waals surface area contributed by atoms with Crippen molar-refractivity contribution in [2.45, 2.75) is 6.42 Å². The van der Waals surface area contributed by atoms with Gasteiger partial charge in [-0.2, -0.15) is 0 Å². The Morgan fingerprint density at radius 3 is 3.00 bits per heavy atom. The van der Waals surface area contributed by atoms with Crippen LogP contribution in [0.3, 0.4) is 0 Å². The van der Waals surface area contributed by atoms with Crippen LogP contribution in [0.2, 0.25) is 0 Å². The molecule has 100 valence electrons. The minimum Gasteiger partial charge on any atom is -0.482 e. The number of nitrogen functional groups attached to an aromatic ring is 1. The minimum absolute atomic E-state index is 0.0125. The summed E-state index contributed by atoms with van der Waals surface area (Å²) in [6.07, 6.45) is 0.623. The number of amides is 1. The van der Waals surface area contributed by atoms with E-state index in [4.69, 9.17) is 15.6 Å². The van der Waals surface area contributed by atoms with Gasteiger partial charge in [-0.1, -0.05) is 0 Å². The molecule has 1 aliphatic heterocycles. The fourth-order valence-electron chi connectivity index (χ4n) is 2.41. The summed E-state index contributed by atoms with van der Waals surface area (Å²) < 4.78 is 5.33. The van der Waals surface area contributed by atoms with Gasteiger partial charge in [0.2, 0.25) is 0 Å². The van der Waals surface area contributed by atoms with Crippen LogP contribution in [0, 0.1) is 11.8 Å². The van der Waals surface area contributed by atoms with Crippen LogP contribution in [0.15, 0.2) is 18.2 Å². The number of hydrogen-bond donors (Lipinski definition) is 2. The molecule has 2 aliphatic rings. The molecule has 3 N–H and O–H groups in total. The maximum absolute atomic E-state index is 11.9. The molecule has 2 unspecified atom stereocenters. The first-order valence-corrected chi connectivity index (χ1v) is 6.12. The van der Waals surface area contributed by atoms with Crippen molar-refractivity contribution in [3.63, 3.8) is 0 Å². The lowest BCUT2D eigenvalue weighted by Crippen LogP contribution is -2.40. The molecule has 1 heterocycles. The summed E-state index contributed by atoms with van der Waals surface area (Å²) in [6, 6.07) is 5.13. The van der Waals surface area contributed by atoms with Crippen molar-refractivity contribution in [3.8, 4) is 5.75 Å². The smallest absolute Gasteiger partial charge is 0.306 e. The quantitative estimate of drug-likeness (QED) is 0.783. The Kier molecular flexibility index (Phi) is 2.58. The molecule has 1 aromatic rings. The standard InChI is InChI=1S/C13H14N2O4/c14-8-1-2-11-10(4-8)15(12(16)6-19-11)5-7-3-9(7)13(17)18/h1-2,4,7,9H,3,5-6,14H2,(H,17,18). The van der Waals surface area contributed by atoms with E-state index in [1.54, 1.807) is 23.1 Å². The Morgan fingerprint density at radius 2 is 2.32 bits per heavy atom. The van der Waals surface area contributed by atoms with E-state index in [0.29, 0.717) is 30.1 Å². The monoisotopic (exact) mass is 262 g/mol. The van der Waals surface area contributed by atoms with E-state index in [9.17, 15) is 9.59 Å². The number of carboxylic acids is 1. The molecule has 0 radical (unpaired) electrons. The number of nitrogens with zero attached hydrogens (tertiary/aromatic N) is 1. The van der Waals surface area contributed by atoms with E-state index in [0.717, 1.165) is 0 Å². The largest absolute Gasteiger partial charge is 0.482 e. The highest BCUT2D eigenvalue weighted by Crippen LogP contribution is 2.42. The van der Waals surface area contributed by atoms with Crippen LogP contribution in [0.1, 0.15) is 6.42 Å². The summed E-state index contributed by atoms with van der Waals surface area (Å²) in [5.74, 6) is -0.650. The second kappa shape index (κ2) is 4.15. The van der Waals surface area contributed by atoms with Gasteiger partial charge in [-0.25, -0.2) is 0 Å². The third-order valence-corrected chi connectivity index (χ3v) is 3.58. The highest BCUT2D eigenvalue weighted by Gasteiger charge is 2.45. The van der Waals surface area contributed by atoms with Crippen LogP contribution in [-0.2, 0) is 9.59 Å². The molecule has 0 saturated heterocycles. The fourth-order valence-corrected chi connectivity index (χ4v) is 2.41. The van der Waals surface area contributed by atoms with Gasteiger partial charge in [0.1, 0.15) is 5.75 Å². The molecular formula is C13H14N2O4. The maximum atomic E-state index is 11.9. The first kappa shape index (κ1) is 11.8. The summed E-state index contributed by atoms with van der Waals surface area (Å²) in [6.45, 7) is 0.400. The lowest BCUT2D eigenvalue weighted by atomic mass is 10.2. The van der Waals surface area contributed by atoms with Crippen LogP contribution in [0.25, 0.3) is 0 Å². The predicted molar refractivity (Wildman–Crippen MR) is 67.9 cm³/mol. The minimum atomic E-state index is -0.793. The molecule has 0 bridgehead atoms. The number of carbonyl (C=O) groups is 2. The molecule has 1 fully saturated rings. The molecule has 1 saturated carbocycles. The summed E-state index contributed by atoms with van der Waals surface area (Å²) in [7, 11) is 0. The average molecular weight is 262 g/mol. The molecule has 0 spiro atoms. The lowest BCUT2D eigenvalue weighted by molar-refractivity contribution is -0.138. The Hall–Kier alpha value is -2.24. The van der Waals surface area contributed by atoms with E-state index in [-0.39, 0.29) is 24.3 Å². The number of anilines is 2. The topological polar surface area (TPSA) is 92.9 Å². The van der Waals surface area contributed by atoms with E-state index >= 15 is 0 Å². The molecule has 3 rings (SSSR count). The molecule has 1 aromatic carbocycles. The summed E-state index contributed by atoms with van der Waals surface area (Å²) in [4.78, 5) is 24.4. The van der Waals surface area contributed by atoms with Gasteiger partial charge in [0, 0.05) is 12.2 Å². The fraction of sp³-hybridized carbons (Fsp3) is 0.385. The zero-order valence-corrected chi connectivity index (χ0v) is 10.2. The zero-order valence-electron chi connectivity index (χ0n) is 10.2. The van der Waals surface area contributed by atoms with Crippen molar-refractivity contribution in [2.75, 3.05) is 23.8 Å². The molecule has 19 heavy (non-hydrogen) atoms. The van der Waals surface area contributed by atoms with Crippen molar-refractivity contribution in [1.82, 2.24) is 0 Å². The van der Waals surface area contributed by atoms with Crippen molar-refractivity contribution in [1.29, 1.82) is 0 Å². The number of aliphatic carboxylic acids is 1. The molecular weight excluding hydrogens is 248 g/mol. The molecule has 1 aliphatic carbocycles. The summed E-state index contributed by atoms with van der Waals surface area (Å²) in [5.41, 5.74) is 6.90. The zero-order chi connectivity index (χ0) is 13.6. The highest BCUT2D eigenvalue weighted by atomic mass is 16.5. The SMILES string of the molecule is Nc1ccc2c(c1)N(CC1CC1C(=O)O)C(=O)CO2. The third kappa shape index (κ3) is 2.09. The number of carboxylic acid groups (broad SMARTS) is 1. The van der Waals surface area contributed by atoms with E-state index in [1.807, 2.05) is 0 Å². The number of nitrogens with two attached hydrogens (primary N) is 1. The number of benzene rings is 1. The van der Waals surface area contributed by atoms with Gasteiger partial charge in [-0.15, -0.1) is 0 Å². The average Bonchev–Trinajstić information content (AvgIpc) is 3.12. The van der Waals surface area contributed by atoms with Gasteiger partial charge in [0.05, 0.1) is 11.6 Å². The van der Waals surface area contributed by atoms with Gasteiger partial charge in [0.25, 0.3) is 5.91 Å². The van der Waals surface area contributed by atoms with E-state index < -0.39 is 5.97 Å². The first-order valence-electron chi connectivity index (χ1n) is 6.12. The summed E-state index contributed by atoms with van der Waals surface area (Å²) >= 11 is 0. The Balaban J connectivity index is 1.83. The molecule has 2 atom stereocenters. The molecule has 6 nitrogen and oxygen atoms in total. The van der Waals surface area contributed by atoms with Crippen molar-refractivity contribution >= 4 is 23.3 Å². The van der Waals surface area contributed by atoms with Crippen LogP contribution in [0.5, 0.6) is 5.75 Å². The molecule has 0 aromatic heterocycles. The maximum Gasteiger partial charge on any atom is 0.306 e. The Bertz CT molecular complexity index is 558. The van der Waals surface area contributed by atoms with Crippen LogP contribution < -0.4 is 15.4 Å². The van der Waals surface area contributed by atoms with Crippen molar-refractivity contribution in [3.05, 3.63) is 18.2 Å². The van der Waals surface area contributed by atoms with E-state index in [1.165, 1.54) is 0 Å². The summed E-state index contributed by atoms with van der Waals surface area (Å²) in [5, 5.41) is 8.91. The normalized spacial score (nSPS) is 24.6. The second-order valence-electron chi connectivity index (χ2n) is 4.96.